The first-order valence-electron chi connectivity index (χ1n) is 9.47. The fraction of sp³-hybridized carbons (Fsp3) is 0.429. The summed E-state index contributed by atoms with van der Waals surface area (Å²) in [5, 5.41) is 0. The van der Waals surface area contributed by atoms with Gasteiger partial charge in [-0.2, -0.15) is 0 Å². The largest absolute Gasteiger partial charge is 0.335 e. The first kappa shape index (κ1) is 19.9. The molecule has 1 aromatic carbocycles. The van der Waals surface area contributed by atoms with E-state index < -0.39 is 0 Å². The van der Waals surface area contributed by atoms with Crippen molar-refractivity contribution < 1.29 is 14.0 Å². The molecule has 0 N–H and O–H groups in total. The van der Waals surface area contributed by atoms with Crippen LogP contribution in [0.5, 0.6) is 0 Å². The van der Waals surface area contributed by atoms with E-state index in [-0.39, 0.29) is 41.7 Å². The number of carbonyl (C=O) groups excluding carboxylic acids is 2. The first-order valence-corrected chi connectivity index (χ1v) is 9.47. The Morgan fingerprint density at radius 3 is 2.54 bits per heavy atom. The Morgan fingerprint density at radius 2 is 1.93 bits per heavy atom. The van der Waals surface area contributed by atoms with Gasteiger partial charge < -0.3 is 9.80 Å². The van der Waals surface area contributed by atoms with Crippen LogP contribution in [-0.4, -0.2) is 50.7 Å². The number of hydrogen-bond donors (Lipinski definition) is 0. The van der Waals surface area contributed by atoms with Gasteiger partial charge in [0.2, 0.25) is 5.91 Å². The second-order valence-electron chi connectivity index (χ2n) is 7.50. The summed E-state index contributed by atoms with van der Waals surface area (Å²) >= 11 is 0. The van der Waals surface area contributed by atoms with E-state index in [0.29, 0.717) is 19.6 Å². The van der Waals surface area contributed by atoms with Gasteiger partial charge in [0.05, 0.1) is 17.9 Å². The van der Waals surface area contributed by atoms with E-state index in [2.05, 4.69) is 9.97 Å². The summed E-state index contributed by atoms with van der Waals surface area (Å²) in [6.45, 7) is 7.06. The summed E-state index contributed by atoms with van der Waals surface area (Å²) in [6.07, 6.45) is 3.29. The van der Waals surface area contributed by atoms with Crippen molar-refractivity contribution in [3.8, 4) is 0 Å². The van der Waals surface area contributed by atoms with Crippen LogP contribution in [0.3, 0.4) is 0 Å². The molecule has 0 saturated carbocycles. The monoisotopic (exact) mass is 384 g/mol. The predicted molar refractivity (Wildman–Crippen MR) is 103 cm³/mol. The lowest BCUT2D eigenvalue weighted by Crippen LogP contribution is -2.47. The minimum absolute atomic E-state index is 0.00619. The van der Waals surface area contributed by atoms with E-state index in [1.54, 1.807) is 23.2 Å². The fourth-order valence-corrected chi connectivity index (χ4v) is 3.39. The van der Waals surface area contributed by atoms with E-state index in [0.717, 1.165) is 11.3 Å². The molecule has 1 fully saturated rings. The summed E-state index contributed by atoms with van der Waals surface area (Å²) in [6, 6.07) is 6.04. The third-order valence-electron chi connectivity index (χ3n) is 5.05. The third kappa shape index (κ3) is 4.52. The van der Waals surface area contributed by atoms with Gasteiger partial charge in [-0.1, -0.05) is 26.0 Å². The number of amides is 2. The number of carbonyl (C=O) groups is 2. The van der Waals surface area contributed by atoms with Crippen LogP contribution in [0, 0.1) is 18.7 Å². The van der Waals surface area contributed by atoms with Crippen LogP contribution in [0.25, 0.3) is 0 Å². The van der Waals surface area contributed by atoms with E-state index >= 15 is 0 Å². The number of benzene rings is 1. The quantitative estimate of drug-likeness (QED) is 0.813. The molecular weight excluding hydrogens is 359 g/mol. The molecule has 148 valence electrons. The molecule has 2 aromatic rings. The highest BCUT2D eigenvalue weighted by atomic mass is 19.1. The number of rotatable bonds is 4. The van der Waals surface area contributed by atoms with E-state index in [9.17, 15) is 14.0 Å². The lowest BCUT2D eigenvalue weighted by Gasteiger charge is -2.34. The van der Waals surface area contributed by atoms with Crippen LogP contribution in [0.4, 0.5) is 4.39 Å². The van der Waals surface area contributed by atoms with Crippen LogP contribution in [0.1, 0.15) is 42.0 Å². The average Bonchev–Trinajstić information content (AvgIpc) is 2.83. The zero-order chi connectivity index (χ0) is 20.3. The maximum atomic E-state index is 13.2. The summed E-state index contributed by atoms with van der Waals surface area (Å²) in [4.78, 5) is 37.6. The van der Waals surface area contributed by atoms with Gasteiger partial charge in [-0.25, -0.2) is 9.37 Å². The molecule has 7 heteroatoms. The van der Waals surface area contributed by atoms with E-state index in [1.807, 2.05) is 25.7 Å². The minimum atomic E-state index is -0.303. The molecule has 2 heterocycles. The molecule has 3 rings (SSSR count). The van der Waals surface area contributed by atoms with Crippen molar-refractivity contribution >= 4 is 11.8 Å². The molecule has 1 aromatic heterocycles. The molecule has 0 unspecified atom stereocenters. The molecule has 0 spiro atoms. The molecule has 0 bridgehead atoms. The Kier molecular flexibility index (Phi) is 6.02. The molecule has 1 aliphatic rings. The van der Waals surface area contributed by atoms with Crippen molar-refractivity contribution in [3.63, 3.8) is 0 Å². The van der Waals surface area contributed by atoms with Gasteiger partial charge in [-0.15, -0.1) is 0 Å². The Bertz CT molecular complexity index is 836. The maximum Gasteiger partial charge on any atom is 0.274 e. The Morgan fingerprint density at radius 1 is 1.21 bits per heavy atom. The zero-order valence-corrected chi connectivity index (χ0v) is 16.4. The highest BCUT2D eigenvalue weighted by molar-refractivity contribution is 5.92. The summed E-state index contributed by atoms with van der Waals surface area (Å²) in [5.41, 5.74) is 1.89. The molecule has 1 atom stereocenters. The van der Waals surface area contributed by atoms with Crippen LogP contribution in [0.15, 0.2) is 36.7 Å². The SMILES string of the molecule is Cc1cnc(C(=O)N2CCC(=O)N(Cc3ccc(F)cc3)[C@H](C(C)C)C2)cn1. The van der Waals surface area contributed by atoms with Crippen molar-refractivity contribution in [1.82, 2.24) is 19.8 Å². The standard InChI is InChI=1S/C21H25FN4O2/c1-14(2)19-13-25(21(28)18-11-23-15(3)10-24-18)9-8-20(27)26(19)12-16-4-6-17(22)7-5-16/h4-7,10-11,14,19H,8-9,12-13H2,1-3H3/t19-/m0/s1. The van der Waals surface area contributed by atoms with Gasteiger partial charge >= 0.3 is 0 Å². The molecule has 0 radical (unpaired) electrons. The number of aromatic nitrogens is 2. The number of halogens is 1. The maximum absolute atomic E-state index is 13.2. The van der Waals surface area contributed by atoms with Gasteiger partial charge in [0.1, 0.15) is 11.5 Å². The van der Waals surface area contributed by atoms with Crippen molar-refractivity contribution in [2.75, 3.05) is 13.1 Å². The fourth-order valence-electron chi connectivity index (χ4n) is 3.39. The highest BCUT2D eigenvalue weighted by Gasteiger charge is 2.34. The minimum Gasteiger partial charge on any atom is -0.335 e. The predicted octanol–water partition coefficient (Wildman–Crippen LogP) is 2.82. The lowest BCUT2D eigenvalue weighted by molar-refractivity contribution is -0.134. The summed E-state index contributed by atoms with van der Waals surface area (Å²) < 4.78 is 13.2. The topological polar surface area (TPSA) is 66.4 Å². The molecule has 28 heavy (non-hydrogen) atoms. The molecule has 1 aliphatic heterocycles. The molecule has 6 nitrogen and oxygen atoms in total. The van der Waals surface area contributed by atoms with Crippen LogP contribution in [0.2, 0.25) is 0 Å². The third-order valence-corrected chi connectivity index (χ3v) is 5.05. The van der Waals surface area contributed by atoms with Gasteiger partial charge in [0.15, 0.2) is 0 Å². The van der Waals surface area contributed by atoms with Crippen LogP contribution < -0.4 is 0 Å². The second kappa shape index (κ2) is 8.46. The second-order valence-corrected chi connectivity index (χ2v) is 7.50. The van der Waals surface area contributed by atoms with E-state index in [1.165, 1.54) is 18.3 Å². The summed E-state index contributed by atoms with van der Waals surface area (Å²) in [5.74, 6) is -0.368. The van der Waals surface area contributed by atoms with Crippen molar-refractivity contribution in [1.29, 1.82) is 0 Å². The van der Waals surface area contributed by atoms with Gasteiger partial charge in [-0.05, 0) is 30.5 Å². The van der Waals surface area contributed by atoms with E-state index in [4.69, 9.17) is 0 Å². The number of nitrogens with zero attached hydrogens (tertiary/aromatic N) is 4. The van der Waals surface area contributed by atoms with Crippen LogP contribution in [-0.2, 0) is 11.3 Å². The van der Waals surface area contributed by atoms with Gasteiger partial charge in [0, 0.05) is 32.3 Å². The highest BCUT2D eigenvalue weighted by Crippen LogP contribution is 2.22. The Hall–Kier alpha value is -2.83. The zero-order valence-electron chi connectivity index (χ0n) is 16.4. The average molecular weight is 384 g/mol. The molecular formula is C21H25FN4O2. The molecule has 1 saturated heterocycles. The first-order chi connectivity index (χ1) is 13.3. The smallest absolute Gasteiger partial charge is 0.274 e. The number of aryl methyl sites for hydroxylation is 1. The van der Waals surface area contributed by atoms with Gasteiger partial charge in [0.25, 0.3) is 5.91 Å². The van der Waals surface area contributed by atoms with Crippen molar-refractivity contribution in [2.45, 2.75) is 39.8 Å². The lowest BCUT2D eigenvalue weighted by atomic mass is 10.0. The Labute approximate surface area is 164 Å². The normalized spacial score (nSPS) is 17.8. The summed E-state index contributed by atoms with van der Waals surface area (Å²) in [7, 11) is 0. The molecule has 2 amide bonds. The van der Waals surface area contributed by atoms with Gasteiger partial charge in [-0.3, -0.25) is 14.6 Å². The van der Waals surface area contributed by atoms with Crippen molar-refractivity contribution in [2.24, 2.45) is 5.92 Å². The van der Waals surface area contributed by atoms with Crippen LogP contribution >= 0.6 is 0 Å². The molecule has 0 aliphatic carbocycles. The Balaban J connectivity index is 1.82. The number of hydrogen-bond acceptors (Lipinski definition) is 4. The van der Waals surface area contributed by atoms with Crippen molar-refractivity contribution in [3.05, 3.63) is 59.4 Å².